The number of nitrogens with zero attached hydrogens (tertiary/aromatic N) is 1. The summed E-state index contributed by atoms with van der Waals surface area (Å²) in [5.74, 6) is 0. The predicted molar refractivity (Wildman–Crippen MR) is 73.1 cm³/mol. The van der Waals surface area contributed by atoms with E-state index in [0.717, 1.165) is 44.3 Å². The molecule has 2 fully saturated rings. The molecule has 3 rings (SSSR count). The van der Waals surface area contributed by atoms with Gasteiger partial charge in [0, 0.05) is 36.7 Å². The summed E-state index contributed by atoms with van der Waals surface area (Å²) in [5, 5.41) is 4.44. The van der Waals surface area contributed by atoms with E-state index in [4.69, 9.17) is 16.3 Å². The summed E-state index contributed by atoms with van der Waals surface area (Å²) in [4.78, 5) is 2.56. The third-order valence-electron chi connectivity index (χ3n) is 3.84. The number of hydrogen-bond donors (Lipinski definition) is 1. The Morgan fingerprint density at radius 2 is 2.17 bits per heavy atom. The van der Waals surface area contributed by atoms with Gasteiger partial charge in [0.1, 0.15) is 0 Å². The van der Waals surface area contributed by atoms with Gasteiger partial charge in [-0.3, -0.25) is 4.90 Å². The number of halogens is 1. The van der Waals surface area contributed by atoms with Crippen molar-refractivity contribution in [3.05, 3.63) is 34.9 Å². The molecule has 4 heteroatoms. The summed E-state index contributed by atoms with van der Waals surface area (Å²) < 4.78 is 5.51. The number of ether oxygens (including phenoxy) is 1. The number of morpholine rings is 1. The number of benzene rings is 1. The Labute approximate surface area is 113 Å². The lowest BCUT2D eigenvalue weighted by Crippen LogP contribution is -2.61. The highest BCUT2D eigenvalue weighted by atomic mass is 35.5. The molecule has 0 saturated carbocycles. The van der Waals surface area contributed by atoms with Gasteiger partial charge in [-0.1, -0.05) is 23.7 Å². The Kier molecular flexibility index (Phi) is 3.85. The average molecular weight is 267 g/mol. The first-order chi connectivity index (χ1) is 8.81. The van der Waals surface area contributed by atoms with Crippen LogP contribution < -0.4 is 5.32 Å². The molecule has 0 radical (unpaired) electrons. The van der Waals surface area contributed by atoms with Gasteiger partial charge in [0.25, 0.3) is 0 Å². The summed E-state index contributed by atoms with van der Waals surface area (Å²) in [6.07, 6.45) is 1.07. The van der Waals surface area contributed by atoms with Gasteiger partial charge in [-0.15, -0.1) is 0 Å². The van der Waals surface area contributed by atoms with Crippen LogP contribution >= 0.6 is 11.6 Å². The monoisotopic (exact) mass is 266 g/mol. The summed E-state index contributed by atoms with van der Waals surface area (Å²) in [6, 6.07) is 9.29. The molecule has 0 amide bonds. The molecule has 0 bridgehead atoms. The fourth-order valence-electron chi connectivity index (χ4n) is 2.81. The predicted octanol–water partition coefficient (Wildman–Crippen LogP) is 1.56. The SMILES string of the molecule is Clc1ccc(CC2CN3CCOCC3CN2)cc1. The van der Waals surface area contributed by atoms with E-state index >= 15 is 0 Å². The van der Waals surface area contributed by atoms with Crippen molar-refractivity contribution in [2.45, 2.75) is 18.5 Å². The highest BCUT2D eigenvalue weighted by molar-refractivity contribution is 6.30. The van der Waals surface area contributed by atoms with Crippen molar-refractivity contribution < 1.29 is 4.74 Å². The largest absolute Gasteiger partial charge is 0.378 e. The molecule has 2 heterocycles. The Hall–Kier alpha value is -0.610. The minimum absolute atomic E-state index is 0.542. The molecule has 98 valence electrons. The Morgan fingerprint density at radius 3 is 3.00 bits per heavy atom. The topological polar surface area (TPSA) is 24.5 Å². The van der Waals surface area contributed by atoms with Crippen molar-refractivity contribution in [3.8, 4) is 0 Å². The molecule has 2 aliphatic rings. The fraction of sp³-hybridized carbons (Fsp3) is 0.571. The lowest BCUT2D eigenvalue weighted by atomic mass is 10.0. The van der Waals surface area contributed by atoms with Gasteiger partial charge in [0.15, 0.2) is 0 Å². The van der Waals surface area contributed by atoms with Gasteiger partial charge in [-0.05, 0) is 24.1 Å². The van der Waals surface area contributed by atoms with Crippen LogP contribution in [0.5, 0.6) is 0 Å². The first kappa shape index (κ1) is 12.4. The number of nitrogens with one attached hydrogen (secondary N) is 1. The van der Waals surface area contributed by atoms with Gasteiger partial charge in [-0.25, -0.2) is 0 Å². The van der Waals surface area contributed by atoms with Crippen molar-refractivity contribution in [1.82, 2.24) is 10.2 Å². The van der Waals surface area contributed by atoms with Crippen LogP contribution in [0, 0.1) is 0 Å². The second-order valence-electron chi connectivity index (χ2n) is 5.16. The molecule has 1 aromatic rings. The smallest absolute Gasteiger partial charge is 0.0634 e. The number of fused-ring (bicyclic) bond motifs is 1. The van der Waals surface area contributed by atoms with E-state index in [-0.39, 0.29) is 0 Å². The Morgan fingerprint density at radius 1 is 1.33 bits per heavy atom. The van der Waals surface area contributed by atoms with E-state index in [2.05, 4.69) is 22.3 Å². The standard InChI is InChI=1S/C14H19ClN2O/c15-12-3-1-11(2-4-12)7-13-9-17-5-6-18-10-14(17)8-16-13/h1-4,13-14,16H,5-10H2. The molecule has 2 saturated heterocycles. The second kappa shape index (κ2) is 5.57. The van der Waals surface area contributed by atoms with Crippen molar-refractivity contribution >= 4 is 11.6 Å². The lowest BCUT2D eigenvalue weighted by molar-refractivity contribution is -0.0259. The molecule has 2 unspecified atom stereocenters. The van der Waals surface area contributed by atoms with Crippen LogP contribution in [-0.2, 0) is 11.2 Å². The van der Waals surface area contributed by atoms with E-state index in [9.17, 15) is 0 Å². The number of hydrogen-bond acceptors (Lipinski definition) is 3. The highest BCUT2D eigenvalue weighted by Gasteiger charge is 2.29. The summed E-state index contributed by atoms with van der Waals surface area (Å²) in [5.41, 5.74) is 1.35. The van der Waals surface area contributed by atoms with Gasteiger partial charge < -0.3 is 10.1 Å². The third-order valence-corrected chi connectivity index (χ3v) is 4.09. The zero-order chi connectivity index (χ0) is 12.4. The molecule has 2 aliphatic heterocycles. The molecule has 0 aromatic heterocycles. The van der Waals surface area contributed by atoms with Crippen molar-refractivity contribution in [3.63, 3.8) is 0 Å². The third kappa shape index (κ3) is 2.86. The summed E-state index contributed by atoms with van der Waals surface area (Å²) >= 11 is 5.91. The normalized spacial score (nSPS) is 28.9. The van der Waals surface area contributed by atoms with Crippen molar-refractivity contribution in [2.24, 2.45) is 0 Å². The maximum Gasteiger partial charge on any atom is 0.0634 e. The molecule has 0 aliphatic carbocycles. The maximum absolute atomic E-state index is 5.91. The first-order valence-corrected chi connectivity index (χ1v) is 6.99. The Bertz CT molecular complexity index is 395. The quantitative estimate of drug-likeness (QED) is 0.879. The fourth-order valence-corrected chi connectivity index (χ4v) is 2.94. The van der Waals surface area contributed by atoms with Gasteiger partial charge in [0.05, 0.1) is 13.2 Å². The van der Waals surface area contributed by atoms with Crippen LogP contribution in [0.15, 0.2) is 24.3 Å². The molecular formula is C14H19ClN2O. The zero-order valence-electron chi connectivity index (χ0n) is 10.4. The minimum atomic E-state index is 0.542. The zero-order valence-corrected chi connectivity index (χ0v) is 11.2. The molecule has 1 aromatic carbocycles. The van der Waals surface area contributed by atoms with Crippen LogP contribution in [0.2, 0.25) is 5.02 Å². The van der Waals surface area contributed by atoms with Crippen molar-refractivity contribution in [1.29, 1.82) is 0 Å². The van der Waals surface area contributed by atoms with Gasteiger partial charge in [0.2, 0.25) is 0 Å². The highest BCUT2D eigenvalue weighted by Crippen LogP contribution is 2.16. The van der Waals surface area contributed by atoms with E-state index in [1.54, 1.807) is 0 Å². The first-order valence-electron chi connectivity index (χ1n) is 6.61. The van der Waals surface area contributed by atoms with Crippen LogP contribution in [0.4, 0.5) is 0 Å². The van der Waals surface area contributed by atoms with Crippen LogP contribution in [0.25, 0.3) is 0 Å². The van der Waals surface area contributed by atoms with E-state index in [1.807, 2.05) is 12.1 Å². The molecular weight excluding hydrogens is 248 g/mol. The number of rotatable bonds is 2. The van der Waals surface area contributed by atoms with Gasteiger partial charge >= 0.3 is 0 Å². The molecule has 3 nitrogen and oxygen atoms in total. The minimum Gasteiger partial charge on any atom is -0.378 e. The van der Waals surface area contributed by atoms with Crippen molar-refractivity contribution in [2.75, 3.05) is 32.8 Å². The number of piperazine rings is 1. The second-order valence-corrected chi connectivity index (χ2v) is 5.60. The Balaban J connectivity index is 1.59. The van der Waals surface area contributed by atoms with Crippen LogP contribution in [-0.4, -0.2) is 49.8 Å². The molecule has 18 heavy (non-hydrogen) atoms. The molecule has 0 spiro atoms. The van der Waals surface area contributed by atoms with Gasteiger partial charge in [-0.2, -0.15) is 0 Å². The average Bonchev–Trinajstić information content (AvgIpc) is 2.41. The lowest BCUT2D eigenvalue weighted by Gasteiger charge is -2.43. The van der Waals surface area contributed by atoms with E-state index < -0.39 is 0 Å². The van der Waals surface area contributed by atoms with Crippen LogP contribution in [0.1, 0.15) is 5.56 Å². The van der Waals surface area contributed by atoms with E-state index in [1.165, 1.54) is 5.56 Å². The summed E-state index contributed by atoms with van der Waals surface area (Å²) in [7, 11) is 0. The molecule has 2 atom stereocenters. The maximum atomic E-state index is 5.91. The van der Waals surface area contributed by atoms with E-state index in [0.29, 0.717) is 12.1 Å². The summed E-state index contributed by atoms with van der Waals surface area (Å²) in [6.45, 7) is 4.99. The molecule has 1 N–H and O–H groups in total. The van der Waals surface area contributed by atoms with Crippen LogP contribution in [0.3, 0.4) is 0 Å².